The third kappa shape index (κ3) is 2.04. The number of rotatable bonds is 2. The number of hydrogen-bond acceptors (Lipinski definition) is 4. The number of hydrogen-bond donors (Lipinski definition) is 2. The Hall–Kier alpha value is -2.40. The Morgan fingerprint density at radius 2 is 2.05 bits per heavy atom. The minimum Gasteiger partial charge on any atom is -0.475 e. The van der Waals surface area contributed by atoms with Gasteiger partial charge < -0.3 is 4.74 Å². The number of hydroxylamine groups is 1. The molecular weight excluding hydrogens is 244 g/mol. The summed E-state index contributed by atoms with van der Waals surface area (Å²) >= 11 is 0. The van der Waals surface area contributed by atoms with Crippen molar-refractivity contribution in [3.63, 3.8) is 0 Å². The van der Waals surface area contributed by atoms with Gasteiger partial charge in [0.25, 0.3) is 5.91 Å². The molecule has 96 valence electrons. The zero-order chi connectivity index (χ0) is 13.2. The van der Waals surface area contributed by atoms with E-state index in [2.05, 4.69) is 4.99 Å². The Morgan fingerprint density at radius 3 is 2.89 bits per heavy atom. The average molecular weight is 256 g/mol. The predicted octanol–water partition coefficient (Wildman–Crippen LogP) is 1.49. The molecule has 1 amide bonds. The predicted molar refractivity (Wildman–Crippen MR) is 70.2 cm³/mol. The van der Waals surface area contributed by atoms with Crippen molar-refractivity contribution in [2.24, 2.45) is 4.99 Å². The number of ether oxygens (including phenoxy) is 1. The van der Waals surface area contributed by atoms with E-state index in [-0.39, 0.29) is 6.61 Å². The van der Waals surface area contributed by atoms with Crippen LogP contribution in [0.5, 0.6) is 0 Å². The van der Waals surface area contributed by atoms with Crippen LogP contribution in [0.2, 0.25) is 0 Å². The van der Waals surface area contributed by atoms with Crippen molar-refractivity contribution >= 4 is 22.6 Å². The molecule has 0 radical (unpaired) electrons. The van der Waals surface area contributed by atoms with Crippen LogP contribution in [0.3, 0.4) is 0 Å². The number of nitrogens with one attached hydrogen (secondary N) is 1. The number of benzene rings is 2. The minimum atomic E-state index is -0.695. The van der Waals surface area contributed by atoms with E-state index in [9.17, 15) is 4.79 Å². The van der Waals surface area contributed by atoms with Crippen LogP contribution in [0, 0.1) is 0 Å². The summed E-state index contributed by atoms with van der Waals surface area (Å²) in [5.41, 5.74) is 2.44. The molecule has 2 N–H and O–H groups in total. The highest BCUT2D eigenvalue weighted by Crippen LogP contribution is 2.22. The molecule has 5 nitrogen and oxygen atoms in total. The molecule has 0 unspecified atom stereocenters. The van der Waals surface area contributed by atoms with Crippen molar-refractivity contribution in [1.29, 1.82) is 0 Å². The molecule has 1 atom stereocenters. The molecule has 5 heteroatoms. The fourth-order valence-electron chi connectivity index (χ4n) is 2.14. The summed E-state index contributed by atoms with van der Waals surface area (Å²) in [6.07, 6.45) is 0. The molecular formula is C14H12N2O3. The van der Waals surface area contributed by atoms with Gasteiger partial charge in [-0.25, -0.2) is 10.5 Å². The summed E-state index contributed by atoms with van der Waals surface area (Å²) in [4.78, 5) is 15.5. The summed E-state index contributed by atoms with van der Waals surface area (Å²) in [5.74, 6) is -0.124. The molecule has 1 aliphatic rings. The van der Waals surface area contributed by atoms with Crippen LogP contribution >= 0.6 is 0 Å². The van der Waals surface area contributed by atoms with E-state index in [0.717, 1.165) is 16.3 Å². The van der Waals surface area contributed by atoms with Crippen LogP contribution in [0.15, 0.2) is 47.5 Å². The molecule has 0 spiro atoms. The highest BCUT2D eigenvalue weighted by molar-refractivity contribution is 6.08. The van der Waals surface area contributed by atoms with E-state index >= 15 is 0 Å². The summed E-state index contributed by atoms with van der Waals surface area (Å²) in [6, 6.07) is 13.0. The lowest BCUT2D eigenvalue weighted by Gasteiger charge is -2.05. The van der Waals surface area contributed by atoms with Gasteiger partial charge in [0.05, 0.1) is 0 Å². The summed E-state index contributed by atoms with van der Waals surface area (Å²) < 4.78 is 5.46. The Labute approximate surface area is 109 Å². The lowest BCUT2D eigenvalue weighted by Crippen LogP contribution is -2.31. The fraction of sp³-hybridized carbons (Fsp3) is 0.143. The molecule has 1 heterocycles. The molecule has 0 bridgehead atoms. The van der Waals surface area contributed by atoms with Gasteiger partial charge in [0, 0.05) is 5.56 Å². The van der Waals surface area contributed by atoms with E-state index < -0.39 is 11.9 Å². The molecule has 0 fully saturated rings. The molecule has 1 aliphatic heterocycles. The standard InChI is InChI=1S/C14H12N2O3/c17-13(16-18)12-8-19-14(15-12)11-7-3-5-9-4-1-2-6-10(9)11/h1-7,12,18H,8H2,(H,16,17)/t12-/m1/s1. The Balaban J connectivity index is 2.04. The third-order valence-electron chi connectivity index (χ3n) is 3.08. The zero-order valence-electron chi connectivity index (χ0n) is 10.0. The molecule has 0 aliphatic carbocycles. The SMILES string of the molecule is O=C(NO)[C@H]1COC(c2cccc3ccccc23)=N1. The quantitative estimate of drug-likeness (QED) is 0.631. The lowest BCUT2D eigenvalue weighted by molar-refractivity contribution is -0.130. The van der Waals surface area contributed by atoms with Gasteiger partial charge in [-0.05, 0) is 16.8 Å². The van der Waals surface area contributed by atoms with Crippen molar-refractivity contribution in [2.75, 3.05) is 6.61 Å². The zero-order valence-corrected chi connectivity index (χ0v) is 10.0. The maximum absolute atomic E-state index is 11.3. The first kappa shape index (κ1) is 11.7. The molecule has 3 rings (SSSR count). The molecule has 0 aromatic heterocycles. The number of fused-ring (bicyclic) bond motifs is 1. The van der Waals surface area contributed by atoms with Gasteiger partial charge in [-0.3, -0.25) is 10.0 Å². The summed E-state index contributed by atoms with van der Waals surface area (Å²) in [5, 5.41) is 10.7. The van der Waals surface area contributed by atoms with Crippen LogP contribution in [0.4, 0.5) is 0 Å². The van der Waals surface area contributed by atoms with Gasteiger partial charge >= 0.3 is 0 Å². The second-order valence-electron chi connectivity index (χ2n) is 4.26. The van der Waals surface area contributed by atoms with E-state index in [4.69, 9.17) is 9.94 Å². The number of aliphatic imine (C=N–C) groups is 1. The maximum atomic E-state index is 11.3. The first-order valence-electron chi connectivity index (χ1n) is 5.92. The van der Waals surface area contributed by atoms with Crippen LogP contribution in [0.25, 0.3) is 10.8 Å². The summed E-state index contributed by atoms with van der Waals surface area (Å²) in [7, 11) is 0. The number of carbonyl (C=O) groups excluding carboxylic acids is 1. The molecule has 0 saturated carbocycles. The fourth-order valence-corrected chi connectivity index (χ4v) is 2.14. The third-order valence-corrected chi connectivity index (χ3v) is 3.08. The molecule has 19 heavy (non-hydrogen) atoms. The van der Waals surface area contributed by atoms with Crippen LogP contribution in [-0.2, 0) is 9.53 Å². The van der Waals surface area contributed by atoms with Crippen molar-refractivity contribution in [3.8, 4) is 0 Å². The Kier molecular flexibility index (Phi) is 2.89. The van der Waals surface area contributed by atoms with Crippen molar-refractivity contribution in [1.82, 2.24) is 5.48 Å². The minimum absolute atomic E-state index is 0.144. The van der Waals surface area contributed by atoms with Gasteiger partial charge in [0.2, 0.25) is 5.90 Å². The van der Waals surface area contributed by atoms with Gasteiger partial charge in [0.1, 0.15) is 6.61 Å². The van der Waals surface area contributed by atoms with E-state index in [0.29, 0.717) is 5.90 Å². The average Bonchev–Trinajstić information content (AvgIpc) is 2.95. The number of nitrogens with zero attached hydrogens (tertiary/aromatic N) is 1. The molecule has 2 aromatic rings. The molecule has 0 saturated heterocycles. The maximum Gasteiger partial charge on any atom is 0.271 e. The highest BCUT2D eigenvalue weighted by atomic mass is 16.5. The van der Waals surface area contributed by atoms with Crippen LogP contribution in [0.1, 0.15) is 5.56 Å². The van der Waals surface area contributed by atoms with Crippen LogP contribution < -0.4 is 5.48 Å². The van der Waals surface area contributed by atoms with Crippen molar-refractivity contribution in [2.45, 2.75) is 6.04 Å². The first-order chi connectivity index (χ1) is 9.29. The second kappa shape index (κ2) is 4.70. The summed E-state index contributed by atoms with van der Waals surface area (Å²) in [6.45, 7) is 0.144. The van der Waals surface area contributed by atoms with Crippen LogP contribution in [-0.4, -0.2) is 29.7 Å². The topological polar surface area (TPSA) is 70.9 Å². The number of amides is 1. The number of carbonyl (C=O) groups is 1. The van der Waals surface area contributed by atoms with E-state index in [1.165, 1.54) is 0 Å². The molecule has 2 aromatic carbocycles. The smallest absolute Gasteiger partial charge is 0.271 e. The monoisotopic (exact) mass is 256 g/mol. The van der Waals surface area contributed by atoms with Gasteiger partial charge in [-0.15, -0.1) is 0 Å². The van der Waals surface area contributed by atoms with Gasteiger partial charge in [-0.2, -0.15) is 0 Å². The second-order valence-corrected chi connectivity index (χ2v) is 4.26. The van der Waals surface area contributed by atoms with Gasteiger partial charge in [0.15, 0.2) is 6.04 Å². The Morgan fingerprint density at radius 1 is 1.26 bits per heavy atom. The highest BCUT2D eigenvalue weighted by Gasteiger charge is 2.26. The van der Waals surface area contributed by atoms with Crippen molar-refractivity contribution in [3.05, 3.63) is 48.0 Å². The first-order valence-corrected chi connectivity index (χ1v) is 5.92. The van der Waals surface area contributed by atoms with Crippen molar-refractivity contribution < 1.29 is 14.7 Å². The van der Waals surface area contributed by atoms with E-state index in [1.807, 2.05) is 42.5 Å². The Bertz CT molecular complexity index is 661. The normalized spacial score (nSPS) is 17.9. The van der Waals surface area contributed by atoms with Gasteiger partial charge in [-0.1, -0.05) is 36.4 Å². The lowest BCUT2D eigenvalue weighted by atomic mass is 10.0. The largest absolute Gasteiger partial charge is 0.475 e. The van der Waals surface area contributed by atoms with E-state index in [1.54, 1.807) is 5.48 Å².